The third-order valence-electron chi connectivity index (χ3n) is 3.61. The van der Waals surface area contributed by atoms with Crippen molar-refractivity contribution < 1.29 is 4.74 Å². The van der Waals surface area contributed by atoms with Crippen LogP contribution < -0.4 is 10.2 Å². The highest BCUT2D eigenvalue weighted by Crippen LogP contribution is 2.23. The van der Waals surface area contributed by atoms with Crippen LogP contribution in [0.3, 0.4) is 0 Å². The Balaban J connectivity index is 2.75. The highest BCUT2D eigenvalue weighted by atomic mass is 16.5. The maximum atomic E-state index is 5.23. The summed E-state index contributed by atoms with van der Waals surface area (Å²) in [6.07, 6.45) is 0. The molecular weight excluding hydrogens is 260 g/mol. The lowest BCUT2D eigenvalue weighted by molar-refractivity contribution is 0.204. The predicted molar refractivity (Wildman–Crippen MR) is 92.1 cm³/mol. The molecule has 0 bridgehead atoms. The van der Waals surface area contributed by atoms with Crippen LogP contribution >= 0.6 is 0 Å². The molecule has 0 radical (unpaired) electrons. The number of ether oxygens (including phenoxy) is 1. The molecule has 1 rings (SSSR count). The van der Waals surface area contributed by atoms with Gasteiger partial charge in [-0.3, -0.25) is 0 Å². The van der Waals surface area contributed by atoms with Gasteiger partial charge in [0.15, 0.2) is 0 Å². The Morgan fingerprint density at radius 3 is 2.43 bits per heavy atom. The number of benzene rings is 1. The van der Waals surface area contributed by atoms with Gasteiger partial charge in [-0.05, 0) is 50.4 Å². The summed E-state index contributed by atoms with van der Waals surface area (Å²) in [6, 6.07) is 7.25. The molecule has 0 saturated heterocycles. The number of rotatable bonds is 9. The molecule has 0 unspecified atom stereocenters. The lowest BCUT2D eigenvalue weighted by Crippen LogP contribution is -2.34. The summed E-state index contributed by atoms with van der Waals surface area (Å²) in [4.78, 5) is 2.41. The number of aryl methyl sites for hydroxylation is 1. The van der Waals surface area contributed by atoms with Gasteiger partial charge >= 0.3 is 0 Å². The van der Waals surface area contributed by atoms with Crippen molar-refractivity contribution in [3.63, 3.8) is 0 Å². The van der Waals surface area contributed by atoms with Gasteiger partial charge in [0.25, 0.3) is 0 Å². The summed E-state index contributed by atoms with van der Waals surface area (Å²) in [7, 11) is 1.76. The minimum absolute atomic E-state index is 0.476. The van der Waals surface area contributed by atoms with Crippen LogP contribution in [0.2, 0.25) is 0 Å². The molecule has 0 saturated carbocycles. The van der Waals surface area contributed by atoms with Gasteiger partial charge in [-0.1, -0.05) is 26.0 Å². The van der Waals surface area contributed by atoms with Crippen molar-refractivity contribution in [3.05, 3.63) is 29.3 Å². The van der Waals surface area contributed by atoms with Crippen molar-refractivity contribution >= 4 is 5.69 Å². The lowest BCUT2D eigenvalue weighted by Gasteiger charge is -2.30. The largest absolute Gasteiger partial charge is 0.383 e. The normalized spacial score (nSPS) is 11.4. The molecule has 0 atom stereocenters. The Morgan fingerprint density at radius 1 is 1.19 bits per heavy atom. The molecule has 0 fully saturated rings. The van der Waals surface area contributed by atoms with Gasteiger partial charge in [0.05, 0.1) is 6.61 Å². The standard InChI is InChI=1S/C18H32N2O/c1-14(2)12-19-13-17-7-8-18(16(5)11-17)20(15(3)4)9-10-21-6/h7-8,11,14-15,19H,9-10,12-13H2,1-6H3. The number of anilines is 1. The first-order valence-corrected chi connectivity index (χ1v) is 8.01. The molecule has 120 valence electrons. The van der Waals surface area contributed by atoms with E-state index in [4.69, 9.17) is 4.74 Å². The molecule has 3 nitrogen and oxygen atoms in total. The summed E-state index contributed by atoms with van der Waals surface area (Å²) in [5.74, 6) is 0.691. The van der Waals surface area contributed by atoms with Crippen LogP contribution in [0.1, 0.15) is 38.8 Å². The quantitative estimate of drug-likeness (QED) is 0.752. The molecule has 3 heteroatoms. The van der Waals surface area contributed by atoms with Crippen molar-refractivity contribution in [2.45, 2.75) is 47.2 Å². The topological polar surface area (TPSA) is 24.5 Å². The minimum atomic E-state index is 0.476. The molecule has 0 amide bonds. The van der Waals surface area contributed by atoms with Crippen molar-refractivity contribution in [1.29, 1.82) is 0 Å². The third kappa shape index (κ3) is 6.06. The molecule has 0 spiro atoms. The molecule has 0 heterocycles. The number of methoxy groups -OCH3 is 1. The van der Waals surface area contributed by atoms with E-state index in [1.54, 1.807) is 7.11 Å². The van der Waals surface area contributed by atoms with Crippen LogP contribution in [0.4, 0.5) is 5.69 Å². The van der Waals surface area contributed by atoms with Crippen molar-refractivity contribution in [2.24, 2.45) is 5.92 Å². The number of hydrogen-bond donors (Lipinski definition) is 1. The van der Waals surface area contributed by atoms with E-state index in [1.807, 2.05) is 0 Å². The van der Waals surface area contributed by atoms with Crippen LogP contribution in [0.25, 0.3) is 0 Å². The van der Waals surface area contributed by atoms with E-state index in [-0.39, 0.29) is 0 Å². The number of nitrogens with one attached hydrogen (secondary N) is 1. The Morgan fingerprint density at radius 2 is 1.90 bits per heavy atom. The maximum Gasteiger partial charge on any atom is 0.0637 e. The molecular formula is C18H32N2O. The number of hydrogen-bond acceptors (Lipinski definition) is 3. The van der Waals surface area contributed by atoms with E-state index in [9.17, 15) is 0 Å². The molecule has 1 N–H and O–H groups in total. The molecule has 0 aliphatic heterocycles. The molecule has 1 aromatic carbocycles. The second-order valence-corrected chi connectivity index (χ2v) is 6.43. The summed E-state index contributed by atoms with van der Waals surface area (Å²) in [5.41, 5.74) is 4.01. The second-order valence-electron chi connectivity index (χ2n) is 6.43. The first-order valence-electron chi connectivity index (χ1n) is 8.01. The first-order chi connectivity index (χ1) is 9.95. The molecule has 0 aliphatic carbocycles. The van der Waals surface area contributed by atoms with Crippen LogP contribution in [-0.2, 0) is 11.3 Å². The van der Waals surface area contributed by atoms with E-state index in [0.29, 0.717) is 12.0 Å². The van der Waals surface area contributed by atoms with Gasteiger partial charge in [-0.2, -0.15) is 0 Å². The van der Waals surface area contributed by atoms with Gasteiger partial charge < -0.3 is 15.0 Å². The second kappa shape index (κ2) is 9.06. The summed E-state index contributed by atoms with van der Waals surface area (Å²) >= 11 is 0. The van der Waals surface area contributed by atoms with E-state index in [0.717, 1.165) is 26.2 Å². The van der Waals surface area contributed by atoms with Crippen molar-refractivity contribution in [3.8, 4) is 0 Å². The maximum absolute atomic E-state index is 5.23. The zero-order chi connectivity index (χ0) is 15.8. The summed E-state index contributed by atoms with van der Waals surface area (Å²) in [5, 5.41) is 3.50. The van der Waals surface area contributed by atoms with Gasteiger partial charge in [0.2, 0.25) is 0 Å². The van der Waals surface area contributed by atoms with Gasteiger partial charge in [-0.15, -0.1) is 0 Å². The highest BCUT2D eigenvalue weighted by molar-refractivity contribution is 5.55. The van der Waals surface area contributed by atoms with Gasteiger partial charge in [0, 0.05) is 31.9 Å². The fourth-order valence-corrected chi connectivity index (χ4v) is 2.50. The Labute approximate surface area is 130 Å². The summed E-state index contributed by atoms with van der Waals surface area (Å²) in [6.45, 7) is 14.8. The Hall–Kier alpha value is -1.06. The van der Waals surface area contributed by atoms with Crippen LogP contribution in [-0.4, -0.2) is 32.8 Å². The van der Waals surface area contributed by atoms with Gasteiger partial charge in [0.1, 0.15) is 0 Å². The lowest BCUT2D eigenvalue weighted by atomic mass is 10.1. The first kappa shape index (κ1) is 18.0. The zero-order valence-electron chi connectivity index (χ0n) is 14.6. The summed E-state index contributed by atoms with van der Waals surface area (Å²) < 4.78 is 5.23. The Kier molecular flexibility index (Phi) is 7.76. The minimum Gasteiger partial charge on any atom is -0.383 e. The molecule has 0 aromatic heterocycles. The van der Waals surface area contributed by atoms with Gasteiger partial charge in [-0.25, -0.2) is 0 Å². The smallest absolute Gasteiger partial charge is 0.0637 e. The van der Waals surface area contributed by atoms with E-state index in [1.165, 1.54) is 16.8 Å². The average Bonchev–Trinajstić information content (AvgIpc) is 2.40. The van der Waals surface area contributed by atoms with Crippen LogP contribution in [0.15, 0.2) is 18.2 Å². The highest BCUT2D eigenvalue weighted by Gasteiger charge is 2.12. The number of nitrogens with zero attached hydrogens (tertiary/aromatic N) is 1. The monoisotopic (exact) mass is 292 g/mol. The molecule has 0 aliphatic rings. The average molecular weight is 292 g/mol. The van der Waals surface area contributed by atoms with Crippen molar-refractivity contribution in [1.82, 2.24) is 5.32 Å². The molecule has 21 heavy (non-hydrogen) atoms. The Bertz CT molecular complexity index is 416. The van der Waals surface area contributed by atoms with Crippen molar-refractivity contribution in [2.75, 3.05) is 31.7 Å². The van der Waals surface area contributed by atoms with E-state index in [2.05, 4.69) is 63.0 Å². The predicted octanol–water partition coefficient (Wildman–Crippen LogP) is 3.60. The third-order valence-corrected chi connectivity index (χ3v) is 3.61. The fraction of sp³-hybridized carbons (Fsp3) is 0.667. The molecule has 1 aromatic rings. The van der Waals surface area contributed by atoms with E-state index >= 15 is 0 Å². The van der Waals surface area contributed by atoms with Crippen LogP contribution in [0.5, 0.6) is 0 Å². The van der Waals surface area contributed by atoms with Crippen LogP contribution in [0, 0.1) is 12.8 Å². The zero-order valence-corrected chi connectivity index (χ0v) is 14.6. The fourth-order valence-electron chi connectivity index (χ4n) is 2.50. The van der Waals surface area contributed by atoms with E-state index < -0.39 is 0 Å². The SMILES string of the molecule is COCCN(c1ccc(CNCC(C)C)cc1C)C(C)C.